The van der Waals surface area contributed by atoms with E-state index in [2.05, 4.69) is 10.3 Å². The molecule has 0 aliphatic rings. The van der Waals surface area contributed by atoms with Crippen molar-refractivity contribution in [2.45, 2.75) is 19.4 Å². The summed E-state index contributed by atoms with van der Waals surface area (Å²) >= 11 is 0. The van der Waals surface area contributed by atoms with Gasteiger partial charge in [-0.05, 0) is 30.7 Å². The Balaban J connectivity index is 2.09. The van der Waals surface area contributed by atoms with E-state index in [1.54, 1.807) is 11.8 Å². The molecule has 21 heavy (non-hydrogen) atoms. The van der Waals surface area contributed by atoms with Crippen LogP contribution in [-0.2, 0) is 19.4 Å². The fourth-order valence-corrected chi connectivity index (χ4v) is 2.09. The summed E-state index contributed by atoms with van der Waals surface area (Å²) in [5.74, 6) is -0.273. The number of aromatic nitrogens is 3. The van der Waals surface area contributed by atoms with Gasteiger partial charge in [0.2, 0.25) is 0 Å². The Bertz CT molecular complexity index is 607. The van der Waals surface area contributed by atoms with E-state index in [1.807, 2.05) is 24.3 Å². The minimum Gasteiger partial charge on any atom is -0.497 e. The van der Waals surface area contributed by atoms with Crippen molar-refractivity contribution in [1.82, 2.24) is 15.0 Å². The lowest BCUT2D eigenvalue weighted by Gasteiger charge is -2.07. The maximum Gasteiger partial charge on any atom is 0.358 e. The highest BCUT2D eigenvalue weighted by Gasteiger charge is 2.17. The molecule has 2 rings (SSSR count). The first-order valence-electron chi connectivity index (χ1n) is 6.64. The Kier molecular flexibility index (Phi) is 4.89. The van der Waals surface area contributed by atoms with E-state index < -0.39 is 5.97 Å². The molecule has 0 saturated heterocycles. The van der Waals surface area contributed by atoms with Gasteiger partial charge in [-0.15, -0.1) is 5.10 Å². The molecule has 0 fully saturated rings. The van der Waals surface area contributed by atoms with Gasteiger partial charge >= 0.3 is 5.97 Å². The number of carboxylic acid groups (broad SMARTS) is 1. The first kappa shape index (κ1) is 15.0. The zero-order valence-corrected chi connectivity index (χ0v) is 11.8. The molecule has 0 atom stereocenters. The molecule has 1 aromatic heterocycles. The van der Waals surface area contributed by atoms with Gasteiger partial charge in [0.25, 0.3) is 0 Å². The number of rotatable bonds is 7. The number of hydrogen-bond donors (Lipinski definition) is 2. The highest BCUT2D eigenvalue weighted by Crippen LogP contribution is 2.13. The predicted octanol–water partition coefficient (Wildman–Crippen LogP) is 0.729. The van der Waals surface area contributed by atoms with E-state index in [4.69, 9.17) is 15.6 Å². The van der Waals surface area contributed by atoms with Crippen molar-refractivity contribution >= 4 is 5.97 Å². The molecule has 0 amide bonds. The van der Waals surface area contributed by atoms with Gasteiger partial charge in [-0.25, -0.2) is 9.48 Å². The molecular weight excluding hydrogens is 272 g/mol. The summed E-state index contributed by atoms with van der Waals surface area (Å²) in [5.41, 5.74) is 7.18. The Morgan fingerprint density at radius 3 is 2.62 bits per heavy atom. The fourth-order valence-electron chi connectivity index (χ4n) is 2.09. The number of methoxy groups -OCH3 is 1. The third-order valence-corrected chi connectivity index (χ3v) is 3.19. The number of hydrogen-bond acceptors (Lipinski definition) is 5. The van der Waals surface area contributed by atoms with Crippen LogP contribution in [0.1, 0.15) is 21.7 Å². The van der Waals surface area contributed by atoms with Crippen LogP contribution in [-0.4, -0.2) is 39.7 Å². The Morgan fingerprint density at radius 2 is 2.05 bits per heavy atom. The number of nitrogens with zero attached hydrogens (tertiary/aromatic N) is 3. The van der Waals surface area contributed by atoms with Gasteiger partial charge < -0.3 is 15.6 Å². The highest BCUT2D eigenvalue weighted by molar-refractivity contribution is 5.86. The van der Waals surface area contributed by atoms with E-state index in [1.165, 1.54) is 0 Å². The number of benzene rings is 1. The minimum atomic E-state index is -1.07. The predicted molar refractivity (Wildman–Crippen MR) is 76.4 cm³/mol. The van der Waals surface area contributed by atoms with E-state index in [9.17, 15) is 4.79 Å². The summed E-state index contributed by atoms with van der Waals surface area (Å²) in [6, 6.07) is 7.72. The summed E-state index contributed by atoms with van der Waals surface area (Å²) < 4.78 is 6.72. The summed E-state index contributed by atoms with van der Waals surface area (Å²) in [6.45, 7) is 0.915. The number of carboxylic acids is 1. The van der Waals surface area contributed by atoms with Crippen molar-refractivity contribution in [2.75, 3.05) is 13.7 Å². The highest BCUT2D eigenvalue weighted by atomic mass is 16.5. The van der Waals surface area contributed by atoms with Crippen LogP contribution in [0.3, 0.4) is 0 Å². The molecule has 0 aliphatic carbocycles. The monoisotopic (exact) mass is 290 g/mol. The molecule has 0 saturated carbocycles. The molecule has 0 bridgehead atoms. The second kappa shape index (κ2) is 6.85. The molecule has 0 spiro atoms. The number of aryl methyl sites for hydroxylation is 2. The quantitative estimate of drug-likeness (QED) is 0.779. The van der Waals surface area contributed by atoms with E-state index in [0.717, 1.165) is 17.7 Å². The largest absolute Gasteiger partial charge is 0.497 e. The summed E-state index contributed by atoms with van der Waals surface area (Å²) in [5, 5.41) is 16.7. The topological polar surface area (TPSA) is 103 Å². The van der Waals surface area contributed by atoms with Crippen molar-refractivity contribution in [3.8, 4) is 5.75 Å². The number of ether oxygens (including phenoxy) is 1. The van der Waals surface area contributed by atoms with Crippen molar-refractivity contribution in [3.63, 3.8) is 0 Å². The summed E-state index contributed by atoms with van der Waals surface area (Å²) in [6.07, 6.45) is 1.17. The smallest absolute Gasteiger partial charge is 0.358 e. The number of carbonyl (C=O) groups is 1. The van der Waals surface area contributed by atoms with Crippen molar-refractivity contribution in [1.29, 1.82) is 0 Å². The van der Waals surface area contributed by atoms with Gasteiger partial charge in [-0.2, -0.15) is 0 Å². The Morgan fingerprint density at radius 1 is 1.33 bits per heavy atom. The SMILES string of the molecule is COc1ccc(CCn2nnc(C(=O)O)c2CCN)cc1. The fraction of sp³-hybridized carbons (Fsp3) is 0.357. The molecule has 0 aliphatic heterocycles. The average molecular weight is 290 g/mol. The van der Waals surface area contributed by atoms with E-state index >= 15 is 0 Å². The van der Waals surface area contributed by atoms with E-state index in [0.29, 0.717) is 25.2 Å². The molecule has 1 heterocycles. The third kappa shape index (κ3) is 3.57. The lowest BCUT2D eigenvalue weighted by molar-refractivity contribution is 0.0689. The molecule has 0 unspecified atom stereocenters. The van der Waals surface area contributed by atoms with E-state index in [-0.39, 0.29) is 5.69 Å². The van der Waals surface area contributed by atoms with Crippen LogP contribution in [0.5, 0.6) is 5.75 Å². The third-order valence-electron chi connectivity index (χ3n) is 3.19. The molecule has 112 valence electrons. The van der Waals surface area contributed by atoms with Crippen LogP contribution in [0.15, 0.2) is 24.3 Å². The number of aromatic carboxylic acids is 1. The van der Waals surface area contributed by atoms with Gasteiger partial charge in [-0.1, -0.05) is 17.3 Å². The second-order valence-electron chi connectivity index (χ2n) is 4.55. The number of nitrogens with two attached hydrogens (primary N) is 1. The first-order valence-corrected chi connectivity index (χ1v) is 6.64. The molecular formula is C14H18N4O3. The minimum absolute atomic E-state index is 0.0184. The molecule has 7 nitrogen and oxygen atoms in total. The van der Waals surface area contributed by atoms with Crippen LogP contribution in [0.4, 0.5) is 0 Å². The van der Waals surface area contributed by atoms with Gasteiger partial charge in [-0.3, -0.25) is 0 Å². The summed E-state index contributed by atoms with van der Waals surface area (Å²) in [4.78, 5) is 11.1. The van der Waals surface area contributed by atoms with Crippen molar-refractivity contribution in [2.24, 2.45) is 5.73 Å². The molecule has 2 aromatic rings. The van der Waals surface area contributed by atoms with Crippen LogP contribution < -0.4 is 10.5 Å². The maximum atomic E-state index is 11.1. The van der Waals surface area contributed by atoms with Gasteiger partial charge in [0.15, 0.2) is 5.69 Å². The zero-order chi connectivity index (χ0) is 15.2. The van der Waals surface area contributed by atoms with Crippen LogP contribution >= 0.6 is 0 Å². The molecule has 0 radical (unpaired) electrons. The zero-order valence-electron chi connectivity index (χ0n) is 11.8. The second-order valence-corrected chi connectivity index (χ2v) is 4.55. The van der Waals surface area contributed by atoms with Gasteiger partial charge in [0.05, 0.1) is 12.8 Å². The maximum absolute atomic E-state index is 11.1. The molecule has 7 heteroatoms. The van der Waals surface area contributed by atoms with Crippen LogP contribution in [0.2, 0.25) is 0 Å². The lowest BCUT2D eigenvalue weighted by Crippen LogP contribution is -2.14. The van der Waals surface area contributed by atoms with Crippen LogP contribution in [0.25, 0.3) is 0 Å². The Hall–Kier alpha value is -2.41. The van der Waals surface area contributed by atoms with Crippen molar-refractivity contribution in [3.05, 3.63) is 41.2 Å². The average Bonchev–Trinajstić information content (AvgIpc) is 2.89. The standard InChI is InChI=1S/C14H18N4O3/c1-21-11-4-2-10(3-5-11)7-9-18-12(6-8-15)13(14(19)20)16-17-18/h2-5H,6-9,15H2,1H3,(H,19,20). The van der Waals surface area contributed by atoms with Gasteiger partial charge in [0.1, 0.15) is 5.75 Å². The normalized spacial score (nSPS) is 10.6. The molecule has 3 N–H and O–H groups in total. The molecule has 1 aromatic carbocycles. The van der Waals surface area contributed by atoms with Crippen molar-refractivity contribution < 1.29 is 14.6 Å². The van der Waals surface area contributed by atoms with Gasteiger partial charge in [0, 0.05) is 13.0 Å². The van der Waals surface area contributed by atoms with Crippen LogP contribution in [0, 0.1) is 0 Å². The first-order chi connectivity index (χ1) is 10.2. The lowest BCUT2D eigenvalue weighted by atomic mass is 10.1. The Labute approximate surface area is 122 Å². The summed E-state index contributed by atoms with van der Waals surface area (Å²) in [7, 11) is 1.62.